The van der Waals surface area contributed by atoms with E-state index in [-0.39, 0.29) is 23.4 Å². The minimum absolute atomic E-state index is 0.0465. The summed E-state index contributed by atoms with van der Waals surface area (Å²) >= 11 is 0. The van der Waals surface area contributed by atoms with Crippen LogP contribution in [0.3, 0.4) is 0 Å². The smallest absolute Gasteiger partial charge is 0.225 e. The van der Waals surface area contributed by atoms with Crippen molar-refractivity contribution in [2.45, 2.75) is 76.8 Å². The van der Waals surface area contributed by atoms with Gasteiger partial charge in [0.05, 0.1) is 0 Å². The maximum Gasteiger partial charge on any atom is 0.225 e. The van der Waals surface area contributed by atoms with Gasteiger partial charge in [0.1, 0.15) is 5.69 Å². The number of carbonyl (C=O) groups is 2. The van der Waals surface area contributed by atoms with Crippen molar-refractivity contribution in [3.8, 4) is 22.4 Å². The average Bonchev–Trinajstić information content (AvgIpc) is 2.96. The van der Waals surface area contributed by atoms with E-state index in [2.05, 4.69) is 46.7 Å². The Labute approximate surface area is 237 Å². The predicted molar refractivity (Wildman–Crippen MR) is 159 cm³/mol. The third-order valence-electron chi connectivity index (χ3n) is 8.84. The first kappa shape index (κ1) is 28.0. The van der Waals surface area contributed by atoms with Gasteiger partial charge in [-0.25, -0.2) is 0 Å². The van der Waals surface area contributed by atoms with Crippen molar-refractivity contribution in [1.82, 2.24) is 15.1 Å². The minimum atomic E-state index is -0.234. The number of rotatable bonds is 8. The second-order valence-electron chi connectivity index (χ2n) is 11.9. The van der Waals surface area contributed by atoms with Crippen molar-refractivity contribution in [2.24, 2.45) is 17.6 Å². The van der Waals surface area contributed by atoms with Crippen molar-refractivity contribution in [3.05, 3.63) is 66.2 Å². The molecule has 40 heavy (non-hydrogen) atoms. The molecule has 0 spiro atoms. The Morgan fingerprint density at radius 1 is 0.975 bits per heavy atom. The summed E-state index contributed by atoms with van der Waals surface area (Å²) in [5.41, 5.74) is 11.2. The van der Waals surface area contributed by atoms with Gasteiger partial charge in [0, 0.05) is 42.6 Å². The summed E-state index contributed by atoms with van der Waals surface area (Å²) in [4.78, 5) is 26.9. The number of nitrogens with two attached hydrogens (primary N) is 1. The molecule has 2 aliphatic carbocycles. The van der Waals surface area contributed by atoms with Crippen LogP contribution in [0.5, 0.6) is 0 Å². The molecule has 2 aromatic carbocycles. The monoisotopic (exact) mass is 539 g/mol. The van der Waals surface area contributed by atoms with Crippen molar-refractivity contribution in [1.29, 1.82) is 0 Å². The van der Waals surface area contributed by atoms with Crippen LogP contribution in [-0.2, 0) is 15.1 Å². The Bertz CT molecular complexity index is 1330. The van der Waals surface area contributed by atoms with E-state index in [1.54, 1.807) is 0 Å². The first-order valence-corrected chi connectivity index (χ1v) is 14.6. The molecule has 1 heterocycles. The van der Waals surface area contributed by atoms with Crippen LogP contribution in [0.4, 0.5) is 5.82 Å². The number of amides is 2. The van der Waals surface area contributed by atoms with Gasteiger partial charge in [0.2, 0.25) is 11.8 Å². The maximum atomic E-state index is 13.0. The van der Waals surface area contributed by atoms with Gasteiger partial charge in [-0.2, -0.15) is 0 Å². The molecule has 3 N–H and O–H groups in total. The molecule has 2 aliphatic rings. The molecule has 2 saturated carbocycles. The molecule has 7 nitrogen and oxygen atoms in total. The predicted octanol–water partition coefficient (Wildman–Crippen LogP) is 6.15. The first-order valence-electron chi connectivity index (χ1n) is 14.6. The zero-order chi connectivity index (χ0) is 28.3. The molecule has 0 aliphatic heterocycles. The topological polar surface area (TPSA) is 101 Å². The second kappa shape index (κ2) is 11.9. The molecule has 3 aromatic rings. The molecular formula is C33H41N5O2. The fourth-order valence-corrected chi connectivity index (χ4v) is 6.53. The number of anilines is 1. The van der Waals surface area contributed by atoms with Crippen molar-refractivity contribution >= 4 is 17.6 Å². The van der Waals surface area contributed by atoms with Gasteiger partial charge in [0.25, 0.3) is 0 Å². The van der Waals surface area contributed by atoms with E-state index < -0.39 is 0 Å². The third-order valence-corrected chi connectivity index (χ3v) is 8.84. The lowest BCUT2D eigenvalue weighted by atomic mass is 9.66. The van der Waals surface area contributed by atoms with Gasteiger partial charge in [-0.05, 0) is 67.6 Å². The van der Waals surface area contributed by atoms with E-state index in [4.69, 9.17) is 5.73 Å². The van der Waals surface area contributed by atoms with Crippen LogP contribution in [0, 0.1) is 11.8 Å². The molecule has 1 aromatic heterocycles. The lowest BCUT2D eigenvalue weighted by Gasteiger charge is -2.44. The number of hydrogen-bond acceptors (Lipinski definition) is 5. The van der Waals surface area contributed by atoms with Crippen LogP contribution in [0.1, 0.15) is 70.8 Å². The van der Waals surface area contributed by atoms with Crippen LogP contribution in [0.15, 0.2) is 60.7 Å². The van der Waals surface area contributed by atoms with Crippen LogP contribution < -0.4 is 11.1 Å². The Morgan fingerprint density at radius 3 is 2.27 bits per heavy atom. The zero-order valence-corrected chi connectivity index (χ0v) is 23.9. The standard InChI is InChI=1S/C33H41N5O2/c1-4-31(40)38(3)27-16-10-23(11-17-27)18-30(39)35-29-19-28(24-8-6-5-7-9-24)32(37-36-29)25-12-14-26(15-13-25)33(34)20-22(2)21-33/h5-9,12-15,19,22-23,27H,4,10-11,16-18,20-21,34H2,1-3H3,(H,35,36,39). The molecule has 0 radical (unpaired) electrons. The molecular weight excluding hydrogens is 498 g/mol. The quantitative estimate of drug-likeness (QED) is 0.358. The van der Waals surface area contributed by atoms with Crippen LogP contribution in [0.25, 0.3) is 22.4 Å². The van der Waals surface area contributed by atoms with Gasteiger partial charge in [-0.1, -0.05) is 68.4 Å². The van der Waals surface area contributed by atoms with Gasteiger partial charge < -0.3 is 16.0 Å². The van der Waals surface area contributed by atoms with Crippen molar-refractivity contribution in [2.75, 3.05) is 12.4 Å². The van der Waals surface area contributed by atoms with Gasteiger partial charge in [-0.3, -0.25) is 9.59 Å². The number of carbonyl (C=O) groups excluding carboxylic acids is 2. The van der Waals surface area contributed by atoms with Crippen LogP contribution in [0.2, 0.25) is 0 Å². The molecule has 2 amide bonds. The summed E-state index contributed by atoms with van der Waals surface area (Å²) in [6.07, 6.45) is 6.76. The largest absolute Gasteiger partial charge is 0.343 e. The average molecular weight is 540 g/mol. The summed E-state index contributed by atoms with van der Waals surface area (Å²) in [5.74, 6) is 1.57. The number of aromatic nitrogens is 2. The summed E-state index contributed by atoms with van der Waals surface area (Å²) < 4.78 is 0. The molecule has 0 unspecified atom stereocenters. The van der Waals surface area contributed by atoms with E-state index >= 15 is 0 Å². The van der Waals surface area contributed by atoms with Crippen molar-refractivity contribution < 1.29 is 9.59 Å². The number of hydrogen-bond donors (Lipinski definition) is 2. The SMILES string of the molecule is CCC(=O)N(C)C1CCC(CC(=O)Nc2cc(-c3ccccc3)c(-c3ccc(C4(N)CC(C)C4)cc3)nn2)CC1. The second-order valence-corrected chi connectivity index (χ2v) is 11.9. The molecule has 5 rings (SSSR count). The van der Waals surface area contributed by atoms with Gasteiger partial charge >= 0.3 is 0 Å². The summed E-state index contributed by atoms with van der Waals surface area (Å²) in [6, 6.07) is 20.6. The Hall–Kier alpha value is -3.58. The fourth-order valence-electron chi connectivity index (χ4n) is 6.53. The van der Waals surface area contributed by atoms with E-state index in [0.717, 1.165) is 66.5 Å². The Morgan fingerprint density at radius 2 is 1.65 bits per heavy atom. The molecule has 7 heteroatoms. The highest BCUT2D eigenvalue weighted by Gasteiger charge is 2.39. The summed E-state index contributed by atoms with van der Waals surface area (Å²) in [6.45, 7) is 4.14. The molecule has 0 saturated heterocycles. The molecule has 0 atom stereocenters. The van der Waals surface area contributed by atoms with Gasteiger partial charge in [0.15, 0.2) is 5.82 Å². The molecule has 210 valence electrons. The van der Waals surface area contributed by atoms with Gasteiger partial charge in [-0.15, -0.1) is 10.2 Å². The summed E-state index contributed by atoms with van der Waals surface area (Å²) in [7, 11) is 1.90. The van der Waals surface area contributed by atoms with E-state index in [9.17, 15) is 9.59 Å². The van der Waals surface area contributed by atoms with E-state index in [1.165, 1.54) is 0 Å². The lowest BCUT2D eigenvalue weighted by Crippen LogP contribution is -2.47. The Kier molecular flexibility index (Phi) is 8.31. The highest BCUT2D eigenvalue weighted by molar-refractivity contribution is 5.91. The minimum Gasteiger partial charge on any atom is -0.343 e. The molecule has 0 bridgehead atoms. The normalized spacial score (nSPS) is 24.1. The number of nitrogens with one attached hydrogen (secondary N) is 1. The van der Waals surface area contributed by atoms with Crippen LogP contribution >= 0.6 is 0 Å². The molecule has 2 fully saturated rings. The number of nitrogens with zero attached hydrogens (tertiary/aromatic N) is 3. The zero-order valence-electron chi connectivity index (χ0n) is 23.9. The summed E-state index contributed by atoms with van der Waals surface area (Å²) in [5, 5.41) is 12.0. The number of benzene rings is 2. The first-order chi connectivity index (χ1) is 19.3. The van der Waals surface area contributed by atoms with Crippen LogP contribution in [-0.4, -0.2) is 40.0 Å². The van der Waals surface area contributed by atoms with E-state index in [1.807, 2.05) is 55.3 Å². The van der Waals surface area contributed by atoms with E-state index in [0.29, 0.717) is 30.5 Å². The maximum absolute atomic E-state index is 13.0. The highest BCUT2D eigenvalue weighted by Crippen LogP contribution is 2.43. The third kappa shape index (κ3) is 6.09. The lowest BCUT2D eigenvalue weighted by molar-refractivity contribution is -0.132. The van der Waals surface area contributed by atoms with Crippen molar-refractivity contribution in [3.63, 3.8) is 0 Å². The Balaban J connectivity index is 1.28. The fraction of sp³-hybridized carbons (Fsp3) is 0.455. The highest BCUT2D eigenvalue weighted by atomic mass is 16.2.